The number of carbonyl (C=O) groups is 1. The van der Waals surface area contributed by atoms with Crippen LogP contribution in [0.1, 0.15) is 5.56 Å². The third-order valence-corrected chi connectivity index (χ3v) is 2.63. The Morgan fingerprint density at radius 2 is 2.00 bits per heavy atom. The maximum atomic E-state index is 11.3. The Kier molecular flexibility index (Phi) is 4.05. The normalized spacial score (nSPS) is 16.8. The first kappa shape index (κ1) is 13.7. The lowest BCUT2D eigenvalue weighted by molar-refractivity contribution is -0.115. The van der Waals surface area contributed by atoms with Crippen LogP contribution in [0.2, 0.25) is 0 Å². The fourth-order valence-corrected chi connectivity index (χ4v) is 1.47. The van der Waals surface area contributed by atoms with Crippen molar-refractivity contribution in [2.24, 2.45) is 15.2 Å². The van der Waals surface area contributed by atoms with Gasteiger partial charge in [-0.25, -0.2) is 4.99 Å². The van der Waals surface area contributed by atoms with E-state index in [1.807, 2.05) is 43.3 Å². The van der Waals surface area contributed by atoms with Crippen molar-refractivity contribution in [1.29, 1.82) is 0 Å². The number of amides is 1. The molecule has 6 nitrogen and oxygen atoms in total. The summed E-state index contributed by atoms with van der Waals surface area (Å²) >= 11 is 0. The van der Waals surface area contributed by atoms with Crippen molar-refractivity contribution in [3.8, 4) is 0 Å². The molecule has 1 aliphatic rings. The summed E-state index contributed by atoms with van der Waals surface area (Å²) in [6.07, 6.45) is 2.95. The lowest BCUT2D eigenvalue weighted by Gasteiger charge is -2.11. The molecule has 1 aliphatic heterocycles. The summed E-state index contributed by atoms with van der Waals surface area (Å²) in [6, 6.07) is 7.84. The predicted molar refractivity (Wildman–Crippen MR) is 81.6 cm³/mol. The molecule has 0 saturated heterocycles. The van der Waals surface area contributed by atoms with Crippen LogP contribution in [-0.4, -0.2) is 38.4 Å². The molecule has 0 fully saturated rings. The first-order valence-electron chi connectivity index (χ1n) is 5.99. The largest absolute Gasteiger partial charge is 0.378 e. The number of aliphatic imine (C=N–C) groups is 1. The number of benzene rings is 1. The van der Waals surface area contributed by atoms with Gasteiger partial charge in [-0.05, 0) is 17.7 Å². The van der Waals surface area contributed by atoms with Crippen molar-refractivity contribution in [1.82, 2.24) is 5.32 Å². The van der Waals surface area contributed by atoms with E-state index in [2.05, 4.69) is 27.1 Å². The second-order valence-electron chi connectivity index (χ2n) is 4.39. The zero-order valence-corrected chi connectivity index (χ0v) is 11.4. The van der Waals surface area contributed by atoms with Crippen LogP contribution in [0.15, 0.2) is 51.6 Å². The summed E-state index contributed by atoms with van der Waals surface area (Å²) in [5.41, 5.74) is 2.32. The molecule has 102 valence electrons. The number of nitrogens with one attached hydrogen (secondary N) is 1. The minimum absolute atomic E-state index is 0.156. The van der Waals surface area contributed by atoms with E-state index in [4.69, 9.17) is 0 Å². The summed E-state index contributed by atoms with van der Waals surface area (Å²) in [4.78, 5) is 17.2. The van der Waals surface area contributed by atoms with Crippen molar-refractivity contribution in [3.63, 3.8) is 0 Å². The molecule has 0 radical (unpaired) electrons. The number of carbonyl (C=O) groups excluding carboxylic acids is 1. The SMILES string of the molecule is C=C1C=N/C(=N/N=C/c2ccc(N(C)C)cc2)NC1=O. The molecule has 0 aliphatic carbocycles. The van der Waals surface area contributed by atoms with Crippen LogP contribution >= 0.6 is 0 Å². The molecule has 1 amide bonds. The van der Waals surface area contributed by atoms with Gasteiger partial charge in [-0.1, -0.05) is 18.7 Å². The smallest absolute Gasteiger partial charge is 0.259 e. The van der Waals surface area contributed by atoms with Gasteiger partial charge in [-0.15, -0.1) is 5.10 Å². The number of hydrogen-bond acceptors (Lipinski definition) is 4. The van der Waals surface area contributed by atoms with Crippen LogP contribution in [0, 0.1) is 0 Å². The van der Waals surface area contributed by atoms with Gasteiger partial charge >= 0.3 is 0 Å². The quantitative estimate of drug-likeness (QED) is 0.509. The predicted octanol–water partition coefficient (Wildman–Crippen LogP) is 1.20. The van der Waals surface area contributed by atoms with E-state index in [1.165, 1.54) is 6.21 Å². The molecule has 6 heteroatoms. The Bertz CT molecular complexity index is 611. The van der Waals surface area contributed by atoms with Crippen LogP contribution in [-0.2, 0) is 4.79 Å². The molecule has 1 aromatic carbocycles. The average Bonchev–Trinajstić information content (AvgIpc) is 2.43. The van der Waals surface area contributed by atoms with Crippen molar-refractivity contribution >= 4 is 30.0 Å². The summed E-state index contributed by atoms with van der Waals surface area (Å²) < 4.78 is 0. The second kappa shape index (κ2) is 5.92. The van der Waals surface area contributed by atoms with E-state index >= 15 is 0 Å². The molecule has 0 bridgehead atoms. The summed E-state index contributed by atoms with van der Waals surface area (Å²) in [7, 11) is 3.96. The Hall–Kier alpha value is -2.76. The number of anilines is 1. The van der Waals surface area contributed by atoms with Crippen molar-refractivity contribution < 1.29 is 4.79 Å². The van der Waals surface area contributed by atoms with Gasteiger partial charge in [0, 0.05) is 26.0 Å². The van der Waals surface area contributed by atoms with Crippen LogP contribution in [0.4, 0.5) is 5.69 Å². The van der Waals surface area contributed by atoms with Gasteiger partial charge in [-0.3, -0.25) is 10.1 Å². The van der Waals surface area contributed by atoms with Crippen molar-refractivity contribution in [3.05, 3.63) is 42.0 Å². The molecule has 20 heavy (non-hydrogen) atoms. The van der Waals surface area contributed by atoms with Gasteiger partial charge in [0.15, 0.2) is 0 Å². The Labute approximate surface area is 117 Å². The van der Waals surface area contributed by atoms with Crippen molar-refractivity contribution in [2.75, 3.05) is 19.0 Å². The highest BCUT2D eigenvalue weighted by Gasteiger charge is 2.12. The van der Waals surface area contributed by atoms with Crippen LogP contribution in [0.5, 0.6) is 0 Å². The first-order chi connectivity index (χ1) is 9.56. The Morgan fingerprint density at radius 1 is 1.30 bits per heavy atom. The van der Waals surface area contributed by atoms with Crippen LogP contribution in [0.25, 0.3) is 0 Å². The van der Waals surface area contributed by atoms with E-state index in [0.717, 1.165) is 11.3 Å². The Balaban J connectivity index is 2.05. The summed E-state index contributed by atoms with van der Waals surface area (Å²) in [6.45, 7) is 3.52. The highest BCUT2D eigenvalue weighted by Crippen LogP contribution is 2.10. The van der Waals surface area contributed by atoms with Gasteiger partial charge in [0.25, 0.3) is 5.91 Å². The van der Waals surface area contributed by atoms with E-state index in [-0.39, 0.29) is 11.9 Å². The maximum Gasteiger partial charge on any atom is 0.259 e. The standard InChI is InChI=1S/C14H15N5O/c1-10-8-15-14(17-13(10)20)18-16-9-11-4-6-12(7-5-11)19(2)3/h4-9H,1H2,2-3H3,(H,17,18,20)/b16-9+. The summed E-state index contributed by atoms with van der Waals surface area (Å²) in [5, 5.41) is 10.2. The molecule has 1 heterocycles. The molecule has 0 saturated carbocycles. The molecule has 2 rings (SSSR count). The van der Waals surface area contributed by atoms with Gasteiger partial charge in [0.2, 0.25) is 5.96 Å². The first-order valence-corrected chi connectivity index (χ1v) is 5.99. The van der Waals surface area contributed by atoms with E-state index in [1.54, 1.807) is 6.21 Å². The molecule has 0 unspecified atom stereocenters. The van der Waals surface area contributed by atoms with Gasteiger partial charge in [-0.2, -0.15) is 5.10 Å². The minimum Gasteiger partial charge on any atom is -0.378 e. The molecule has 0 atom stereocenters. The highest BCUT2D eigenvalue weighted by atomic mass is 16.2. The zero-order valence-electron chi connectivity index (χ0n) is 11.4. The third-order valence-electron chi connectivity index (χ3n) is 2.63. The number of rotatable bonds is 3. The lowest BCUT2D eigenvalue weighted by atomic mass is 10.2. The van der Waals surface area contributed by atoms with Crippen LogP contribution in [0.3, 0.4) is 0 Å². The van der Waals surface area contributed by atoms with E-state index in [9.17, 15) is 4.79 Å². The number of nitrogens with zero attached hydrogens (tertiary/aromatic N) is 4. The topological polar surface area (TPSA) is 69.4 Å². The van der Waals surface area contributed by atoms with Gasteiger partial charge < -0.3 is 4.90 Å². The van der Waals surface area contributed by atoms with E-state index in [0.29, 0.717) is 5.57 Å². The molecule has 1 N–H and O–H groups in total. The van der Waals surface area contributed by atoms with Crippen LogP contribution < -0.4 is 10.2 Å². The molecule has 0 aromatic heterocycles. The average molecular weight is 269 g/mol. The highest BCUT2D eigenvalue weighted by molar-refractivity contribution is 6.22. The number of hydrogen-bond donors (Lipinski definition) is 1. The maximum absolute atomic E-state index is 11.3. The lowest BCUT2D eigenvalue weighted by Crippen LogP contribution is -2.34. The molecule has 1 aromatic rings. The zero-order chi connectivity index (χ0) is 14.5. The molecular formula is C14H15N5O. The third kappa shape index (κ3) is 3.38. The van der Waals surface area contributed by atoms with Crippen molar-refractivity contribution in [2.45, 2.75) is 0 Å². The molecule has 0 spiro atoms. The summed E-state index contributed by atoms with van der Waals surface area (Å²) in [5.74, 6) is -0.159. The van der Waals surface area contributed by atoms with Gasteiger partial charge in [0.1, 0.15) is 0 Å². The fourth-order valence-electron chi connectivity index (χ4n) is 1.47. The molecular weight excluding hydrogens is 254 g/mol. The fraction of sp³-hybridized carbons (Fsp3) is 0.143. The number of guanidine groups is 1. The van der Waals surface area contributed by atoms with E-state index < -0.39 is 0 Å². The Morgan fingerprint density at radius 3 is 2.60 bits per heavy atom. The monoisotopic (exact) mass is 269 g/mol. The second-order valence-corrected chi connectivity index (χ2v) is 4.39. The van der Waals surface area contributed by atoms with Gasteiger partial charge in [0.05, 0.1) is 11.8 Å². The minimum atomic E-state index is -0.315.